The molecule has 2 N–H and O–H groups in total. The molecule has 0 aliphatic carbocycles. The van der Waals surface area contributed by atoms with E-state index in [0.717, 1.165) is 37.0 Å². The molecule has 3 rings (SSSR count). The zero-order valence-electron chi connectivity index (χ0n) is 18.7. The number of aromatic nitrogens is 3. The van der Waals surface area contributed by atoms with Crippen molar-refractivity contribution in [1.82, 2.24) is 25.4 Å². The fourth-order valence-electron chi connectivity index (χ4n) is 3.37. The summed E-state index contributed by atoms with van der Waals surface area (Å²) in [4.78, 5) is 8.91. The van der Waals surface area contributed by atoms with Crippen molar-refractivity contribution in [2.75, 3.05) is 14.2 Å². The predicted molar refractivity (Wildman–Crippen MR) is 117 cm³/mol. The van der Waals surface area contributed by atoms with Crippen LogP contribution in [0.5, 0.6) is 0 Å². The molecular formula is C22H34N6O2. The Morgan fingerprint density at radius 1 is 1.27 bits per heavy atom. The molecule has 0 radical (unpaired) electrons. The minimum absolute atomic E-state index is 0.144. The maximum Gasteiger partial charge on any atom is 0.191 e. The molecule has 1 atom stereocenters. The molecule has 0 spiro atoms. The third-order valence-corrected chi connectivity index (χ3v) is 4.86. The van der Waals surface area contributed by atoms with Crippen LogP contribution >= 0.6 is 0 Å². The number of aliphatic imine (C=N–C) groups is 1. The first-order valence-electron chi connectivity index (χ1n) is 10.5. The summed E-state index contributed by atoms with van der Waals surface area (Å²) < 4.78 is 13.0. The highest BCUT2D eigenvalue weighted by Crippen LogP contribution is 2.14. The molecular weight excluding hydrogens is 380 g/mol. The molecule has 164 valence electrons. The molecule has 1 aromatic carbocycles. The minimum Gasteiger partial charge on any atom is -0.377 e. The van der Waals surface area contributed by atoms with E-state index >= 15 is 0 Å². The van der Waals surface area contributed by atoms with Gasteiger partial charge in [-0.05, 0) is 38.3 Å². The van der Waals surface area contributed by atoms with Crippen LogP contribution in [0.4, 0.5) is 0 Å². The number of nitrogens with one attached hydrogen (secondary N) is 2. The number of rotatable bonds is 7. The lowest BCUT2D eigenvalue weighted by atomic mass is 10.1. The minimum atomic E-state index is -0.144. The van der Waals surface area contributed by atoms with E-state index in [4.69, 9.17) is 9.47 Å². The van der Waals surface area contributed by atoms with Crippen molar-refractivity contribution in [1.29, 1.82) is 0 Å². The highest BCUT2D eigenvalue weighted by atomic mass is 16.5. The van der Waals surface area contributed by atoms with Gasteiger partial charge in [-0.1, -0.05) is 24.3 Å². The van der Waals surface area contributed by atoms with Gasteiger partial charge in [0.15, 0.2) is 11.8 Å². The van der Waals surface area contributed by atoms with Crippen molar-refractivity contribution < 1.29 is 9.47 Å². The van der Waals surface area contributed by atoms with Gasteiger partial charge in [0.1, 0.15) is 12.4 Å². The molecule has 1 aromatic heterocycles. The number of methoxy groups -OCH3 is 1. The van der Waals surface area contributed by atoms with E-state index in [1.165, 1.54) is 11.1 Å². The summed E-state index contributed by atoms with van der Waals surface area (Å²) in [5.41, 5.74) is 2.22. The lowest BCUT2D eigenvalue weighted by Crippen LogP contribution is -2.46. The van der Waals surface area contributed by atoms with E-state index in [9.17, 15) is 0 Å². The molecule has 0 fully saturated rings. The molecule has 8 heteroatoms. The Hall–Kier alpha value is -2.45. The van der Waals surface area contributed by atoms with E-state index in [0.29, 0.717) is 19.8 Å². The average Bonchev–Trinajstić information content (AvgIpc) is 3.11. The maximum atomic E-state index is 5.89. The Labute approximate surface area is 179 Å². The molecule has 1 unspecified atom stereocenters. The van der Waals surface area contributed by atoms with Crippen LogP contribution in [0.3, 0.4) is 0 Å². The van der Waals surface area contributed by atoms with Gasteiger partial charge in [0, 0.05) is 33.2 Å². The zero-order valence-corrected chi connectivity index (χ0v) is 18.7. The van der Waals surface area contributed by atoms with Gasteiger partial charge in [-0.3, -0.25) is 4.99 Å². The third kappa shape index (κ3) is 6.53. The molecule has 0 saturated carbocycles. The van der Waals surface area contributed by atoms with Crippen molar-refractivity contribution in [3.63, 3.8) is 0 Å². The lowest BCUT2D eigenvalue weighted by Gasteiger charge is -2.25. The van der Waals surface area contributed by atoms with Crippen molar-refractivity contribution in [3.8, 4) is 0 Å². The first kappa shape index (κ1) is 22.2. The number of benzene rings is 1. The van der Waals surface area contributed by atoms with Crippen molar-refractivity contribution in [3.05, 3.63) is 47.0 Å². The van der Waals surface area contributed by atoms with Crippen molar-refractivity contribution >= 4 is 5.96 Å². The third-order valence-electron chi connectivity index (χ3n) is 4.86. The molecule has 0 saturated heterocycles. The highest BCUT2D eigenvalue weighted by molar-refractivity contribution is 5.79. The number of hydrogen-bond donors (Lipinski definition) is 2. The standard InChI is InChI=1S/C22H34N6O2/c1-22(2,3)30-14-17-8-6-7-16(11-17)12-24-21(23-4)25-18-9-10-20-26-19(15-29-5)27-28(20)13-18/h6-8,11,18H,9-10,12-15H2,1-5H3,(H2,23,24,25). The summed E-state index contributed by atoms with van der Waals surface area (Å²) in [5, 5.41) is 11.5. The Balaban J connectivity index is 1.51. The number of nitrogens with zero attached hydrogens (tertiary/aromatic N) is 4. The number of guanidine groups is 1. The highest BCUT2D eigenvalue weighted by Gasteiger charge is 2.22. The Morgan fingerprint density at radius 2 is 2.07 bits per heavy atom. The summed E-state index contributed by atoms with van der Waals surface area (Å²) >= 11 is 0. The van der Waals surface area contributed by atoms with Gasteiger partial charge in [0.05, 0.1) is 18.8 Å². The fourth-order valence-corrected chi connectivity index (χ4v) is 3.37. The number of aryl methyl sites for hydroxylation is 1. The van der Waals surface area contributed by atoms with Crippen molar-refractivity contribution in [2.45, 2.75) is 71.6 Å². The molecule has 1 aliphatic heterocycles. The largest absolute Gasteiger partial charge is 0.377 e. The van der Waals surface area contributed by atoms with E-state index in [2.05, 4.69) is 70.7 Å². The Bertz CT molecular complexity index is 856. The molecule has 8 nitrogen and oxygen atoms in total. The second-order valence-corrected chi connectivity index (χ2v) is 8.59. The van der Waals surface area contributed by atoms with Gasteiger partial charge in [-0.2, -0.15) is 5.10 Å². The van der Waals surface area contributed by atoms with Crippen LogP contribution in [0.15, 0.2) is 29.3 Å². The normalized spacial score (nSPS) is 17.0. The number of hydrogen-bond acceptors (Lipinski definition) is 5. The van der Waals surface area contributed by atoms with Crippen LogP contribution in [0.25, 0.3) is 0 Å². The van der Waals surface area contributed by atoms with E-state index < -0.39 is 0 Å². The van der Waals surface area contributed by atoms with Gasteiger partial charge in [-0.15, -0.1) is 0 Å². The smallest absolute Gasteiger partial charge is 0.191 e. The first-order chi connectivity index (χ1) is 14.4. The summed E-state index contributed by atoms with van der Waals surface area (Å²) in [6.07, 6.45) is 1.88. The molecule has 30 heavy (non-hydrogen) atoms. The first-order valence-corrected chi connectivity index (χ1v) is 10.5. The Kier molecular flexibility index (Phi) is 7.44. The summed E-state index contributed by atoms with van der Waals surface area (Å²) in [6.45, 7) is 8.73. The molecule has 1 aliphatic rings. The van der Waals surface area contributed by atoms with E-state index in [-0.39, 0.29) is 11.6 Å². The molecule has 2 heterocycles. The molecule has 0 amide bonds. The quantitative estimate of drug-likeness (QED) is 0.535. The summed E-state index contributed by atoms with van der Waals surface area (Å²) in [5.74, 6) is 2.56. The topological polar surface area (TPSA) is 85.6 Å². The van der Waals surface area contributed by atoms with Gasteiger partial charge in [0.25, 0.3) is 0 Å². The van der Waals surface area contributed by atoms with Crippen LogP contribution in [-0.2, 0) is 42.2 Å². The average molecular weight is 415 g/mol. The molecule has 2 aromatic rings. The summed E-state index contributed by atoms with van der Waals surface area (Å²) in [6, 6.07) is 8.70. The number of ether oxygens (including phenoxy) is 2. The van der Waals surface area contributed by atoms with Crippen molar-refractivity contribution in [2.24, 2.45) is 4.99 Å². The van der Waals surface area contributed by atoms with Gasteiger partial charge < -0.3 is 20.1 Å². The van der Waals surface area contributed by atoms with Crippen LogP contribution in [0.1, 0.15) is 50.0 Å². The zero-order chi connectivity index (χ0) is 21.6. The van der Waals surface area contributed by atoms with Crippen LogP contribution in [-0.4, -0.2) is 46.5 Å². The lowest BCUT2D eigenvalue weighted by molar-refractivity contribution is -0.0149. The van der Waals surface area contributed by atoms with Gasteiger partial charge in [0.2, 0.25) is 0 Å². The second kappa shape index (κ2) is 10.0. The van der Waals surface area contributed by atoms with Gasteiger partial charge >= 0.3 is 0 Å². The number of fused-ring (bicyclic) bond motifs is 1. The van der Waals surface area contributed by atoms with Crippen LogP contribution in [0, 0.1) is 0 Å². The SMILES string of the molecule is CN=C(NCc1cccc(COC(C)(C)C)c1)NC1CCc2nc(COC)nn2C1. The Morgan fingerprint density at radius 3 is 2.80 bits per heavy atom. The van der Waals surface area contributed by atoms with E-state index in [1.807, 2.05) is 4.68 Å². The monoisotopic (exact) mass is 414 g/mol. The maximum absolute atomic E-state index is 5.89. The van der Waals surface area contributed by atoms with Crippen LogP contribution < -0.4 is 10.6 Å². The second-order valence-electron chi connectivity index (χ2n) is 8.59. The van der Waals surface area contributed by atoms with E-state index in [1.54, 1.807) is 14.2 Å². The summed E-state index contributed by atoms with van der Waals surface area (Å²) in [7, 11) is 3.46. The van der Waals surface area contributed by atoms with Gasteiger partial charge in [-0.25, -0.2) is 9.67 Å². The van der Waals surface area contributed by atoms with Crippen LogP contribution in [0.2, 0.25) is 0 Å². The molecule has 0 bridgehead atoms. The predicted octanol–water partition coefficient (Wildman–Crippen LogP) is 2.42. The fraction of sp³-hybridized carbons (Fsp3) is 0.591.